The fourth-order valence-corrected chi connectivity index (χ4v) is 4.59. The molecule has 1 unspecified atom stereocenters. The number of nitrogens with zero attached hydrogens (tertiary/aromatic N) is 4. The molecule has 1 heterocycles. The first-order chi connectivity index (χ1) is 18.9. The number of hydrogen-bond donors (Lipinski definition) is 2. The van der Waals surface area contributed by atoms with Crippen molar-refractivity contribution in [3.05, 3.63) is 89.0 Å². The van der Waals surface area contributed by atoms with E-state index in [-0.39, 0.29) is 23.4 Å². The van der Waals surface area contributed by atoms with Crippen molar-refractivity contribution in [2.24, 2.45) is 0 Å². The molecule has 39 heavy (non-hydrogen) atoms. The van der Waals surface area contributed by atoms with Crippen LogP contribution in [0.5, 0.6) is 11.5 Å². The van der Waals surface area contributed by atoms with Gasteiger partial charge < -0.3 is 14.7 Å². The Bertz CT molecular complexity index is 1360. The summed E-state index contributed by atoms with van der Waals surface area (Å²) >= 11 is 0. The van der Waals surface area contributed by atoms with Crippen LogP contribution in [0.3, 0.4) is 0 Å². The number of tetrazole rings is 1. The zero-order valence-electron chi connectivity index (χ0n) is 22.5. The molecular formula is C30H34FN5O3. The Balaban J connectivity index is 1.32. The van der Waals surface area contributed by atoms with Crippen molar-refractivity contribution in [1.82, 2.24) is 25.5 Å². The molecule has 1 atom stereocenters. The molecular weight excluding hydrogens is 497 g/mol. The number of carbonyl (C=O) groups excluding carboxylic acids is 1. The van der Waals surface area contributed by atoms with E-state index >= 15 is 0 Å². The maximum absolute atomic E-state index is 13.3. The second kappa shape index (κ2) is 13.0. The summed E-state index contributed by atoms with van der Waals surface area (Å²) in [5.41, 5.74) is 4.08. The number of aromatic amines is 1. The minimum atomic E-state index is -0.313. The summed E-state index contributed by atoms with van der Waals surface area (Å²) in [4.78, 5) is 13.8. The lowest BCUT2D eigenvalue weighted by atomic mass is 9.92. The van der Waals surface area contributed by atoms with Crippen molar-refractivity contribution in [3.8, 4) is 22.6 Å². The number of ether oxygens (including phenoxy) is 1. The number of unbranched alkanes of at least 4 members (excludes halogenated alkanes) is 2. The number of H-pyrrole nitrogens is 1. The third kappa shape index (κ3) is 6.98. The lowest BCUT2D eigenvalue weighted by Crippen LogP contribution is -2.21. The molecule has 0 bridgehead atoms. The summed E-state index contributed by atoms with van der Waals surface area (Å²) in [6.07, 6.45) is 4.31. The molecule has 0 saturated carbocycles. The van der Waals surface area contributed by atoms with Crippen LogP contribution in [0.2, 0.25) is 0 Å². The Morgan fingerprint density at radius 2 is 1.79 bits per heavy atom. The Hall–Kier alpha value is -4.27. The quantitative estimate of drug-likeness (QED) is 0.226. The number of phenolic OH excluding ortho intramolecular Hbond substituents is 1. The minimum Gasteiger partial charge on any atom is -0.507 e. The molecule has 4 aromatic rings. The number of amides is 1. The molecule has 0 aliphatic rings. The van der Waals surface area contributed by atoms with Gasteiger partial charge in [0, 0.05) is 37.2 Å². The highest BCUT2D eigenvalue weighted by molar-refractivity contribution is 5.93. The standard InChI is InChI=1S/C30H34FN5O3/c1-4-20-18-26(22-13-15-24(31)16-14-22)27(37)19-28(20)39-17-7-5-6-8-25(29-32-34-35-33-29)21-9-11-23(12-10-21)30(38)36(2)3/h9-16,18-19,25,37H,4-8,17H2,1-3H3,(H,32,33,34,35). The number of phenols is 1. The van der Waals surface area contributed by atoms with Crippen LogP contribution in [-0.2, 0) is 6.42 Å². The van der Waals surface area contributed by atoms with Crippen LogP contribution >= 0.6 is 0 Å². The number of hydrogen-bond acceptors (Lipinski definition) is 6. The van der Waals surface area contributed by atoms with Crippen LogP contribution in [0.4, 0.5) is 4.39 Å². The lowest BCUT2D eigenvalue weighted by Gasteiger charge is -2.16. The van der Waals surface area contributed by atoms with Gasteiger partial charge in [0.1, 0.15) is 17.3 Å². The normalized spacial score (nSPS) is 11.8. The van der Waals surface area contributed by atoms with Gasteiger partial charge in [-0.15, -0.1) is 5.10 Å². The topological polar surface area (TPSA) is 104 Å². The number of rotatable bonds is 12. The highest BCUT2D eigenvalue weighted by Crippen LogP contribution is 2.36. The average molecular weight is 532 g/mol. The lowest BCUT2D eigenvalue weighted by molar-refractivity contribution is 0.0827. The summed E-state index contributed by atoms with van der Waals surface area (Å²) in [5.74, 6) is 1.11. The molecule has 0 saturated heterocycles. The van der Waals surface area contributed by atoms with E-state index in [1.54, 1.807) is 37.2 Å². The predicted molar refractivity (Wildman–Crippen MR) is 147 cm³/mol. The van der Waals surface area contributed by atoms with Gasteiger partial charge in [0.2, 0.25) is 0 Å². The Morgan fingerprint density at radius 1 is 1.05 bits per heavy atom. The molecule has 0 radical (unpaired) electrons. The monoisotopic (exact) mass is 531 g/mol. The van der Waals surface area contributed by atoms with Crippen molar-refractivity contribution < 1.29 is 19.0 Å². The largest absolute Gasteiger partial charge is 0.507 e. The van der Waals surface area contributed by atoms with E-state index in [0.29, 0.717) is 29.3 Å². The average Bonchev–Trinajstić information content (AvgIpc) is 3.48. The molecule has 4 rings (SSSR count). The second-order valence-electron chi connectivity index (χ2n) is 9.70. The summed E-state index contributed by atoms with van der Waals surface area (Å²) < 4.78 is 19.3. The number of halogens is 1. The van der Waals surface area contributed by atoms with Gasteiger partial charge in [-0.3, -0.25) is 4.79 Å². The van der Waals surface area contributed by atoms with Crippen LogP contribution < -0.4 is 4.74 Å². The molecule has 0 spiro atoms. The van der Waals surface area contributed by atoms with Gasteiger partial charge in [0.25, 0.3) is 5.91 Å². The molecule has 0 fully saturated rings. The van der Waals surface area contributed by atoms with Gasteiger partial charge in [-0.05, 0) is 76.7 Å². The van der Waals surface area contributed by atoms with Gasteiger partial charge >= 0.3 is 0 Å². The van der Waals surface area contributed by atoms with Gasteiger partial charge in [-0.1, -0.05) is 44.0 Å². The highest BCUT2D eigenvalue weighted by Gasteiger charge is 2.19. The molecule has 8 nitrogen and oxygen atoms in total. The Morgan fingerprint density at radius 3 is 2.44 bits per heavy atom. The molecule has 2 N–H and O–H groups in total. The van der Waals surface area contributed by atoms with E-state index in [0.717, 1.165) is 48.8 Å². The van der Waals surface area contributed by atoms with E-state index in [2.05, 4.69) is 20.6 Å². The Kier molecular flexibility index (Phi) is 9.25. The molecule has 3 aromatic carbocycles. The summed E-state index contributed by atoms with van der Waals surface area (Å²) in [6, 6.07) is 17.2. The number of aryl methyl sites for hydroxylation is 1. The van der Waals surface area contributed by atoms with Gasteiger partial charge in [0.15, 0.2) is 5.82 Å². The number of aromatic hydroxyl groups is 1. The highest BCUT2D eigenvalue weighted by atomic mass is 19.1. The molecule has 0 aliphatic heterocycles. The van der Waals surface area contributed by atoms with Crippen LogP contribution in [0.15, 0.2) is 60.7 Å². The third-order valence-corrected chi connectivity index (χ3v) is 6.77. The SMILES string of the molecule is CCc1cc(-c2ccc(F)cc2)c(O)cc1OCCCCCC(c1ccc(C(=O)N(C)C)cc1)c1nnn[nH]1. The van der Waals surface area contributed by atoms with Crippen LogP contribution in [0.25, 0.3) is 11.1 Å². The predicted octanol–water partition coefficient (Wildman–Crippen LogP) is 5.75. The Labute approximate surface area is 227 Å². The van der Waals surface area contributed by atoms with Crippen molar-refractivity contribution >= 4 is 5.91 Å². The van der Waals surface area contributed by atoms with Crippen LogP contribution in [0, 0.1) is 5.82 Å². The van der Waals surface area contributed by atoms with Gasteiger partial charge in [0.05, 0.1) is 6.61 Å². The van der Waals surface area contributed by atoms with Crippen molar-refractivity contribution in [3.63, 3.8) is 0 Å². The van der Waals surface area contributed by atoms with Crippen molar-refractivity contribution in [2.75, 3.05) is 20.7 Å². The van der Waals surface area contributed by atoms with E-state index in [4.69, 9.17) is 4.74 Å². The zero-order chi connectivity index (χ0) is 27.8. The smallest absolute Gasteiger partial charge is 0.253 e. The summed E-state index contributed by atoms with van der Waals surface area (Å²) in [5, 5.41) is 25.1. The molecule has 1 aromatic heterocycles. The van der Waals surface area contributed by atoms with E-state index in [1.165, 1.54) is 12.1 Å². The molecule has 204 valence electrons. The van der Waals surface area contributed by atoms with Crippen LogP contribution in [-0.4, -0.2) is 57.2 Å². The first kappa shape index (κ1) is 27.8. The fourth-order valence-electron chi connectivity index (χ4n) is 4.59. The maximum atomic E-state index is 13.3. The molecule has 1 amide bonds. The van der Waals surface area contributed by atoms with Crippen LogP contribution in [0.1, 0.15) is 65.8 Å². The summed E-state index contributed by atoms with van der Waals surface area (Å²) in [6.45, 7) is 2.56. The van der Waals surface area contributed by atoms with Crippen molar-refractivity contribution in [2.45, 2.75) is 44.9 Å². The van der Waals surface area contributed by atoms with Gasteiger partial charge in [-0.25, -0.2) is 9.49 Å². The van der Waals surface area contributed by atoms with E-state index in [1.807, 2.05) is 37.3 Å². The van der Waals surface area contributed by atoms with E-state index in [9.17, 15) is 14.3 Å². The number of carbonyl (C=O) groups is 1. The third-order valence-electron chi connectivity index (χ3n) is 6.77. The number of nitrogens with one attached hydrogen (secondary N) is 1. The second-order valence-corrected chi connectivity index (χ2v) is 9.70. The first-order valence-electron chi connectivity index (χ1n) is 13.2. The fraction of sp³-hybridized carbons (Fsp3) is 0.333. The molecule has 9 heteroatoms. The summed E-state index contributed by atoms with van der Waals surface area (Å²) in [7, 11) is 3.47. The first-order valence-corrected chi connectivity index (χ1v) is 13.2. The zero-order valence-corrected chi connectivity index (χ0v) is 22.5. The molecule has 0 aliphatic carbocycles. The van der Waals surface area contributed by atoms with Crippen molar-refractivity contribution in [1.29, 1.82) is 0 Å². The maximum Gasteiger partial charge on any atom is 0.253 e. The minimum absolute atomic E-state index is 0.00734. The number of aromatic nitrogens is 4. The van der Waals surface area contributed by atoms with E-state index < -0.39 is 0 Å². The number of benzene rings is 3. The van der Waals surface area contributed by atoms with Gasteiger partial charge in [-0.2, -0.15) is 0 Å².